The molecule has 2 nitrogen and oxygen atoms in total. The summed E-state index contributed by atoms with van der Waals surface area (Å²) >= 11 is 0. The number of benzene rings is 2. The Morgan fingerprint density at radius 1 is 0.962 bits per heavy atom. The Labute approximate surface area is 158 Å². The van der Waals surface area contributed by atoms with E-state index in [1.807, 2.05) is 0 Å². The van der Waals surface area contributed by atoms with Gasteiger partial charge in [0.1, 0.15) is 5.78 Å². The highest BCUT2D eigenvalue weighted by Crippen LogP contribution is 2.49. The molecule has 0 heterocycles. The fourth-order valence-corrected chi connectivity index (χ4v) is 5.15. The molecule has 0 aromatic heterocycles. The zero-order chi connectivity index (χ0) is 18.7. The first-order valence-corrected chi connectivity index (χ1v) is 9.97. The van der Waals surface area contributed by atoms with Crippen LogP contribution in [0.25, 0.3) is 0 Å². The molecule has 1 unspecified atom stereocenters. The van der Waals surface area contributed by atoms with E-state index in [1.54, 1.807) is 0 Å². The molecule has 1 aliphatic carbocycles. The van der Waals surface area contributed by atoms with E-state index in [2.05, 4.69) is 88.6 Å². The highest BCUT2D eigenvalue weighted by Gasteiger charge is 2.48. The lowest BCUT2D eigenvalue weighted by Crippen LogP contribution is -3.11. The van der Waals surface area contributed by atoms with E-state index in [0.717, 1.165) is 6.42 Å². The minimum atomic E-state index is 0.0794. The molecule has 1 N–H and O–H groups in total. The molecule has 0 bridgehead atoms. The summed E-state index contributed by atoms with van der Waals surface area (Å²) in [7, 11) is 4.53. The molecule has 138 valence electrons. The van der Waals surface area contributed by atoms with Crippen molar-refractivity contribution in [1.82, 2.24) is 0 Å². The third-order valence-electron chi connectivity index (χ3n) is 6.41. The van der Waals surface area contributed by atoms with Crippen molar-refractivity contribution >= 4 is 5.78 Å². The zero-order valence-electron chi connectivity index (χ0n) is 16.5. The number of hydrogen-bond donors (Lipinski definition) is 1. The molecule has 2 heteroatoms. The lowest BCUT2D eigenvalue weighted by molar-refractivity contribution is -0.891. The van der Waals surface area contributed by atoms with E-state index in [0.29, 0.717) is 30.1 Å². The second-order valence-corrected chi connectivity index (χ2v) is 8.08. The average molecular weight is 351 g/mol. The van der Waals surface area contributed by atoms with Gasteiger partial charge in [-0.05, 0) is 23.5 Å². The van der Waals surface area contributed by atoms with Crippen molar-refractivity contribution in [2.75, 3.05) is 14.1 Å². The maximum absolute atomic E-state index is 13.0. The van der Waals surface area contributed by atoms with Gasteiger partial charge in [-0.1, -0.05) is 74.5 Å². The topological polar surface area (TPSA) is 21.5 Å². The highest BCUT2D eigenvalue weighted by atomic mass is 16.1. The van der Waals surface area contributed by atoms with E-state index in [4.69, 9.17) is 0 Å². The Balaban J connectivity index is 2.12. The number of hydrogen-bond acceptors (Lipinski definition) is 1. The minimum absolute atomic E-state index is 0.0794. The molecule has 0 radical (unpaired) electrons. The van der Waals surface area contributed by atoms with Crippen molar-refractivity contribution in [2.45, 2.75) is 44.6 Å². The van der Waals surface area contributed by atoms with Crippen LogP contribution >= 0.6 is 0 Å². The summed E-state index contributed by atoms with van der Waals surface area (Å²) in [6, 6.07) is 21.9. The van der Waals surface area contributed by atoms with Crippen LogP contribution in [0.3, 0.4) is 0 Å². The number of carbonyl (C=O) groups excluding carboxylic acids is 1. The van der Waals surface area contributed by atoms with Gasteiger partial charge >= 0.3 is 0 Å². The van der Waals surface area contributed by atoms with Gasteiger partial charge in [-0.2, -0.15) is 0 Å². The molecule has 26 heavy (non-hydrogen) atoms. The number of Topliss-reactive ketones (excluding diaryl/α,β-unsaturated/α-hetero) is 1. The zero-order valence-corrected chi connectivity index (χ0v) is 16.5. The van der Waals surface area contributed by atoms with Gasteiger partial charge in [-0.3, -0.25) is 4.79 Å². The maximum Gasteiger partial charge on any atom is 0.136 e. The van der Waals surface area contributed by atoms with Crippen LogP contribution in [0.5, 0.6) is 0 Å². The van der Waals surface area contributed by atoms with E-state index in [9.17, 15) is 4.79 Å². The SMILES string of the molecule is CCC([C@@H]1[C@H](c2ccccc2)[C@@H](C)C(=O)C[C@@H]1c1ccccc1)[NH+](C)C. The fourth-order valence-electron chi connectivity index (χ4n) is 5.15. The van der Waals surface area contributed by atoms with Gasteiger partial charge in [0.2, 0.25) is 0 Å². The largest absolute Gasteiger partial charge is 0.337 e. The molecule has 2 aromatic rings. The van der Waals surface area contributed by atoms with Crippen molar-refractivity contribution in [3.05, 3.63) is 71.8 Å². The van der Waals surface area contributed by atoms with Crippen molar-refractivity contribution in [3.63, 3.8) is 0 Å². The Morgan fingerprint density at radius 2 is 1.50 bits per heavy atom. The number of quaternary nitrogens is 1. The summed E-state index contributed by atoms with van der Waals surface area (Å²) in [5.74, 6) is 1.53. The van der Waals surface area contributed by atoms with Gasteiger partial charge < -0.3 is 4.90 Å². The van der Waals surface area contributed by atoms with Crippen LogP contribution in [0, 0.1) is 11.8 Å². The Morgan fingerprint density at radius 3 is 2.00 bits per heavy atom. The summed E-state index contributed by atoms with van der Waals surface area (Å²) in [5.41, 5.74) is 2.64. The van der Waals surface area contributed by atoms with Crippen LogP contribution in [0.15, 0.2) is 60.7 Å². The molecular weight excluding hydrogens is 318 g/mol. The second kappa shape index (κ2) is 8.18. The molecule has 0 spiro atoms. The summed E-state index contributed by atoms with van der Waals surface area (Å²) in [6.07, 6.45) is 1.80. The van der Waals surface area contributed by atoms with Gasteiger partial charge in [0.15, 0.2) is 0 Å². The van der Waals surface area contributed by atoms with E-state index in [-0.39, 0.29) is 11.8 Å². The van der Waals surface area contributed by atoms with Gasteiger partial charge in [-0.15, -0.1) is 0 Å². The molecule has 1 saturated carbocycles. The predicted molar refractivity (Wildman–Crippen MR) is 108 cm³/mol. The number of rotatable bonds is 5. The van der Waals surface area contributed by atoms with Crippen LogP contribution in [0.2, 0.25) is 0 Å². The molecule has 2 aromatic carbocycles. The predicted octanol–water partition coefficient (Wildman–Crippen LogP) is 3.70. The smallest absolute Gasteiger partial charge is 0.136 e. The van der Waals surface area contributed by atoms with Crippen LogP contribution in [0.1, 0.15) is 49.7 Å². The third kappa shape index (κ3) is 3.61. The molecule has 1 aliphatic rings. The van der Waals surface area contributed by atoms with E-state index >= 15 is 0 Å². The van der Waals surface area contributed by atoms with E-state index in [1.165, 1.54) is 16.0 Å². The molecule has 0 amide bonds. The Hall–Kier alpha value is -1.93. The first-order chi connectivity index (χ1) is 12.5. The summed E-state index contributed by atoms with van der Waals surface area (Å²) in [4.78, 5) is 14.5. The van der Waals surface area contributed by atoms with Gasteiger partial charge in [0, 0.05) is 24.2 Å². The molecular formula is C24H32NO+. The van der Waals surface area contributed by atoms with Gasteiger partial charge in [0.25, 0.3) is 0 Å². The summed E-state index contributed by atoms with van der Waals surface area (Å²) < 4.78 is 0. The van der Waals surface area contributed by atoms with Gasteiger partial charge in [0.05, 0.1) is 20.1 Å². The number of ketones is 1. The molecule has 0 saturated heterocycles. The lowest BCUT2D eigenvalue weighted by atomic mass is 9.59. The highest BCUT2D eigenvalue weighted by molar-refractivity contribution is 5.84. The minimum Gasteiger partial charge on any atom is -0.337 e. The van der Waals surface area contributed by atoms with Crippen LogP contribution < -0.4 is 4.90 Å². The molecule has 5 atom stereocenters. The van der Waals surface area contributed by atoms with Crippen LogP contribution in [0.4, 0.5) is 0 Å². The van der Waals surface area contributed by atoms with Crippen LogP contribution in [-0.2, 0) is 4.79 Å². The maximum atomic E-state index is 13.0. The summed E-state index contributed by atoms with van der Waals surface area (Å²) in [5, 5.41) is 0. The average Bonchev–Trinajstić information content (AvgIpc) is 2.66. The third-order valence-corrected chi connectivity index (χ3v) is 6.41. The molecule has 1 fully saturated rings. The Kier molecular flexibility index (Phi) is 5.93. The van der Waals surface area contributed by atoms with Crippen molar-refractivity contribution < 1.29 is 9.69 Å². The normalized spacial score (nSPS) is 27.5. The molecule has 0 aliphatic heterocycles. The summed E-state index contributed by atoms with van der Waals surface area (Å²) in [6.45, 7) is 4.44. The Bertz CT molecular complexity index is 710. The van der Waals surface area contributed by atoms with Crippen molar-refractivity contribution in [2.24, 2.45) is 11.8 Å². The van der Waals surface area contributed by atoms with Crippen molar-refractivity contribution in [3.8, 4) is 0 Å². The lowest BCUT2D eigenvalue weighted by Gasteiger charge is -2.45. The van der Waals surface area contributed by atoms with E-state index < -0.39 is 0 Å². The quantitative estimate of drug-likeness (QED) is 0.872. The number of carbonyl (C=O) groups is 1. The first kappa shape index (κ1) is 18.8. The second-order valence-electron chi connectivity index (χ2n) is 8.08. The fraction of sp³-hybridized carbons (Fsp3) is 0.458. The number of nitrogens with one attached hydrogen (secondary N) is 1. The van der Waals surface area contributed by atoms with Gasteiger partial charge in [-0.25, -0.2) is 0 Å². The van der Waals surface area contributed by atoms with Crippen LogP contribution in [-0.4, -0.2) is 25.9 Å². The molecule has 3 rings (SSSR count). The monoisotopic (exact) mass is 350 g/mol. The van der Waals surface area contributed by atoms with Crippen molar-refractivity contribution in [1.29, 1.82) is 0 Å². The standard InChI is InChI=1S/C24H31NO/c1-5-21(25(3)4)24-20(18-12-8-6-9-13-18)16-22(26)17(2)23(24)19-14-10-7-11-15-19/h6-15,17,20-21,23-24H,5,16H2,1-4H3/p+1/t17-,20+,21?,23-,24+/m0/s1. The first-order valence-electron chi connectivity index (χ1n) is 9.97.